The minimum atomic E-state index is -3.88. The van der Waals surface area contributed by atoms with Gasteiger partial charge in [-0.05, 0) is 143 Å². The molecule has 1 aromatic carbocycles. The molecule has 2 amide bonds. The summed E-state index contributed by atoms with van der Waals surface area (Å²) < 4.78 is 52.7. The van der Waals surface area contributed by atoms with Crippen LogP contribution in [0.1, 0.15) is 105 Å². The van der Waals surface area contributed by atoms with Gasteiger partial charge in [0.15, 0.2) is 5.78 Å². The third-order valence-electron chi connectivity index (χ3n) is 14.7. The Morgan fingerprint density at radius 3 is 2.42 bits per heavy atom. The Hall–Kier alpha value is -5.05. The van der Waals surface area contributed by atoms with E-state index in [1.807, 2.05) is 69.3 Å². The minimum Gasteiger partial charge on any atom is -0.497 e. The molecule has 3 aromatic rings. The number of fused-ring (bicyclic) bond motifs is 4. The number of hydrogen-bond donors (Lipinski definition) is 1. The second-order valence-corrected chi connectivity index (χ2v) is 22.1. The SMILES string of the molecule is COc1ccc2c(O[C@@H]3C[C@H]4C(=O)C[C@]5(C(=O)NS(=O)(=O)C6CC6)C[C@H]5/C=C\CC[C@H](C)C[C@@H](C)[C@H](CC(=O)OC5C[C@@H]6C[C@@H]6C5)C(=O)N4C3)nc(-c3ccc(OC(C)C)cn3)cc2c1. The summed E-state index contributed by atoms with van der Waals surface area (Å²) in [5, 5.41) is 0.847. The molecule has 2 aromatic heterocycles. The highest BCUT2D eigenvalue weighted by molar-refractivity contribution is 7.90. The van der Waals surface area contributed by atoms with E-state index in [0.29, 0.717) is 65.8 Å². The number of carbonyl (C=O) groups is 4. The normalized spacial score (nSPS) is 31.8. The Morgan fingerprint density at radius 2 is 1.71 bits per heavy atom. The monoisotopic (exact) mass is 910 g/mol. The van der Waals surface area contributed by atoms with E-state index in [0.717, 1.165) is 31.1 Å². The van der Waals surface area contributed by atoms with Gasteiger partial charge in [0.2, 0.25) is 27.7 Å². The number of esters is 1. The average molecular weight is 911 g/mol. The van der Waals surface area contributed by atoms with Crippen LogP contribution in [-0.4, -0.2) is 90.1 Å². The molecular formula is C50H62N4O10S. The first kappa shape index (κ1) is 45.1. The van der Waals surface area contributed by atoms with Gasteiger partial charge < -0.3 is 23.8 Å². The largest absolute Gasteiger partial charge is 0.497 e. The Labute approximate surface area is 381 Å². The fourth-order valence-corrected chi connectivity index (χ4v) is 12.1. The summed E-state index contributed by atoms with van der Waals surface area (Å²) in [6, 6.07) is 10.1. The van der Waals surface area contributed by atoms with Gasteiger partial charge in [0.1, 0.15) is 23.7 Å². The van der Waals surface area contributed by atoms with E-state index >= 15 is 4.79 Å². The number of rotatable bonds is 12. The molecule has 9 rings (SSSR count). The summed E-state index contributed by atoms with van der Waals surface area (Å²) >= 11 is 0. The summed E-state index contributed by atoms with van der Waals surface area (Å²) in [4.78, 5) is 69.1. The molecule has 4 heterocycles. The maximum atomic E-state index is 15.2. The van der Waals surface area contributed by atoms with E-state index in [9.17, 15) is 22.8 Å². The number of aromatic nitrogens is 2. The number of pyridine rings is 2. The van der Waals surface area contributed by atoms with Crippen LogP contribution in [-0.2, 0) is 33.9 Å². The molecule has 1 N–H and O–H groups in total. The molecule has 65 heavy (non-hydrogen) atoms. The van der Waals surface area contributed by atoms with Crippen molar-refractivity contribution in [3.8, 4) is 28.8 Å². The quantitative estimate of drug-likeness (QED) is 0.141. The number of amides is 2. The minimum absolute atomic E-state index is 0.0245. The predicted octanol–water partition coefficient (Wildman–Crippen LogP) is 7.38. The van der Waals surface area contributed by atoms with Crippen molar-refractivity contribution in [3.05, 3.63) is 54.7 Å². The molecule has 10 atom stereocenters. The number of nitrogens with zero attached hydrogens (tertiary/aromatic N) is 3. The number of carbonyl (C=O) groups excluding carboxylic acids is 4. The van der Waals surface area contributed by atoms with Crippen molar-refractivity contribution in [2.45, 2.75) is 134 Å². The third-order valence-corrected chi connectivity index (χ3v) is 16.5. The van der Waals surface area contributed by atoms with Crippen molar-refractivity contribution < 1.29 is 46.5 Å². The third kappa shape index (κ3) is 9.90. The van der Waals surface area contributed by atoms with Gasteiger partial charge in [0.25, 0.3) is 0 Å². The van der Waals surface area contributed by atoms with Crippen LogP contribution in [0.2, 0.25) is 0 Å². The lowest BCUT2D eigenvalue weighted by Crippen LogP contribution is -2.47. The number of benzene rings is 1. The summed E-state index contributed by atoms with van der Waals surface area (Å²) in [6.07, 6.45) is 10.9. The number of ketones is 1. The standard InChI is InChI=1S/C50H62N4O10S/c1-28(2)62-36-11-15-42(51-26-36)43-21-33-20-35(61-5)10-14-40(33)47(52-43)64-38-22-44-45(55)25-50(49(58)53-65(59,60)39-12-13-39)24-34(50)9-7-6-8-29(3)16-30(4)41(48(57)54(44)27-38)23-46(56)63-37-18-31-17-32(31)19-37/h7,9-11,14-15,20-21,26,28-32,34,37-39,41,44H,6,8,12-13,16-19,22-25,27H2,1-5H3,(H,53,58)/b9-7-/t29-,30+,31-,32+,34+,37?,38+,41-,44-,50+/m0/s1. The van der Waals surface area contributed by atoms with E-state index < -0.39 is 50.6 Å². The summed E-state index contributed by atoms with van der Waals surface area (Å²) in [6.45, 7) is 8.05. The molecule has 1 unspecified atom stereocenters. The van der Waals surface area contributed by atoms with Gasteiger partial charge in [-0.2, -0.15) is 0 Å². The van der Waals surface area contributed by atoms with Crippen LogP contribution >= 0.6 is 0 Å². The molecule has 4 aliphatic carbocycles. The molecule has 15 heteroatoms. The van der Waals surface area contributed by atoms with E-state index in [4.69, 9.17) is 23.9 Å². The zero-order valence-electron chi connectivity index (χ0n) is 38.1. The molecule has 0 radical (unpaired) electrons. The maximum absolute atomic E-state index is 15.2. The second-order valence-electron chi connectivity index (χ2n) is 20.2. The van der Waals surface area contributed by atoms with Gasteiger partial charge in [-0.25, -0.2) is 13.4 Å². The number of allylic oxidation sites excluding steroid dienone is 2. The number of methoxy groups -OCH3 is 1. The molecule has 348 valence electrons. The lowest BCUT2D eigenvalue weighted by Gasteiger charge is -2.32. The van der Waals surface area contributed by atoms with Crippen molar-refractivity contribution >= 4 is 44.4 Å². The van der Waals surface area contributed by atoms with E-state index in [1.54, 1.807) is 18.2 Å². The van der Waals surface area contributed by atoms with Crippen molar-refractivity contribution in [1.29, 1.82) is 0 Å². The van der Waals surface area contributed by atoms with Crippen molar-refractivity contribution in [2.24, 2.45) is 40.9 Å². The molecule has 0 spiro atoms. The number of sulfonamides is 1. The molecule has 4 saturated carbocycles. The molecule has 6 aliphatic rings. The highest BCUT2D eigenvalue weighted by Crippen LogP contribution is 2.57. The average Bonchev–Trinajstić information content (AvgIpc) is 4.23. The second kappa shape index (κ2) is 18.0. The van der Waals surface area contributed by atoms with Crippen LogP contribution in [0, 0.1) is 40.9 Å². The first-order valence-corrected chi connectivity index (χ1v) is 25.2. The molecule has 5 fully saturated rings. The van der Waals surface area contributed by atoms with Gasteiger partial charge >= 0.3 is 5.97 Å². The first-order valence-electron chi connectivity index (χ1n) is 23.6. The zero-order valence-corrected chi connectivity index (χ0v) is 38.9. The summed E-state index contributed by atoms with van der Waals surface area (Å²) in [7, 11) is -2.29. The maximum Gasteiger partial charge on any atom is 0.306 e. The molecule has 0 bridgehead atoms. The topological polar surface area (TPSA) is 180 Å². The van der Waals surface area contributed by atoms with Crippen LogP contribution in [0.5, 0.6) is 17.4 Å². The van der Waals surface area contributed by atoms with Crippen molar-refractivity contribution in [3.63, 3.8) is 0 Å². The van der Waals surface area contributed by atoms with Crippen molar-refractivity contribution in [1.82, 2.24) is 19.6 Å². The van der Waals surface area contributed by atoms with Crippen LogP contribution in [0.25, 0.3) is 22.2 Å². The molecule has 2 aliphatic heterocycles. The van der Waals surface area contributed by atoms with Gasteiger partial charge in [-0.1, -0.05) is 26.0 Å². The fourth-order valence-electron chi connectivity index (χ4n) is 10.7. The van der Waals surface area contributed by atoms with E-state index in [2.05, 4.69) is 16.6 Å². The smallest absolute Gasteiger partial charge is 0.306 e. The van der Waals surface area contributed by atoms with Crippen LogP contribution in [0.3, 0.4) is 0 Å². The highest BCUT2D eigenvalue weighted by atomic mass is 32.2. The zero-order chi connectivity index (χ0) is 45.8. The van der Waals surface area contributed by atoms with Crippen molar-refractivity contribution in [2.75, 3.05) is 13.7 Å². The number of Topliss-reactive ketones (excluding diaryl/α,β-unsaturated/α-hetero) is 1. The predicted molar refractivity (Wildman–Crippen MR) is 242 cm³/mol. The number of ether oxygens (including phenoxy) is 4. The molecule has 14 nitrogen and oxygen atoms in total. The van der Waals surface area contributed by atoms with Gasteiger partial charge in [-0.3, -0.25) is 28.9 Å². The van der Waals surface area contributed by atoms with Crippen LogP contribution in [0.4, 0.5) is 0 Å². The highest BCUT2D eigenvalue weighted by Gasteiger charge is 2.62. The van der Waals surface area contributed by atoms with Crippen LogP contribution < -0.4 is 18.9 Å². The van der Waals surface area contributed by atoms with Crippen LogP contribution in [0.15, 0.2) is 54.7 Å². The fraction of sp³-hybridized carbons (Fsp3) is 0.600. The first-order chi connectivity index (χ1) is 31.1. The molecular weight excluding hydrogens is 849 g/mol. The Kier molecular flexibility index (Phi) is 12.5. The molecule has 1 saturated heterocycles. The Bertz CT molecular complexity index is 2460. The van der Waals surface area contributed by atoms with Gasteiger partial charge in [0, 0.05) is 18.2 Å². The summed E-state index contributed by atoms with van der Waals surface area (Å²) in [5.74, 6) is -0.113. The Morgan fingerprint density at radius 1 is 0.938 bits per heavy atom. The van der Waals surface area contributed by atoms with E-state index in [-0.39, 0.29) is 73.3 Å². The lowest BCUT2D eigenvalue weighted by atomic mass is 9.82. The van der Waals surface area contributed by atoms with Gasteiger partial charge in [-0.15, -0.1) is 0 Å². The van der Waals surface area contributed by atoms with Gasteiger partial charge in [0.05, 0.1) is 66.4 Å². The number of hydrogen-bond acceptors (Lipinski definition) is 12. The van der Waals surface area contributed by atoms with E-state index in [1.165, 1.54) is 6.42 Å². The summed E-state index contributed by atoms with van der Waals surface area (Å²) in [5.41, 5.74) is -0.172. The Balaban J connectivity index is 1.05. The lowest BCUT2D eigenvalue weighted by molar-refractivity contribution is -0.155. The number of nitrogens with one attached hydrogen (secondary N) is 1.